The second-order valence-electron chi connectivity index (χ2n) is 5.55. The number of hydrogen-bond acceptors (Lipinski definition) is 1. The summed E-state index contributed by atoms with van der Waals surface area (Å²) in [6.45, 7) is 11.2. The smallest absolute Gasteiger partial charge is 0.234 e. The van der Waals surface area contributed by atoms with Crippen molar-refractivity contribution < 1.29 is 4.79 Å². The second-order valence-corrected chi connectivity index (χ2v) is 5.81. The number of halogens is 1. The molecule has 0 aromatic heterocycles. The highest BCUT2D eigenvalue weighted by Crippen LogP contribution is 2.28. The molecular formula is C15H22ClNO. The zero-order valence-electron chi connectivity index (χ0n) is 11.9. The number of nitrogens with one attached hydrogen (secondary N) is 1. The van der Waals surface area contributed by atoms with E-state index in [9.17, 15) is 4.79 Å². The van der Waals surface area contributed by atoms with Crippen molar-refractivity contribution >= 4 is 17.5 Å². The molecule has 3 heteroatoms. The summed E-state index contributed by atoms with van der Waals surface area (Å²) in [6, 6.07) is 4.42. The quantitative estimate of drug-likeness (QED) is 0.834. The molecule has 0 fully saturated rings. The Labute approximate surface area is 115 Å². The van der Waals surface area contributed by atoms with Gasteiger partial charge in [0, 0.05) is 12.0 Å². The van der Waals surface area contributed by atoms with Gasteiger partial charge in [0.05, 0.1) is 0 Å². The number of alkyl halides is 1. The van der Waals surface area contributed by atoms with Crippen molar-refractivity contribution in [1.29, 1.82) is 0 Å². The highest BCUT2D eigenvalue weighted by atomic mass is 35.5. The van der Waals surface area contributed by atoms with Crippen LogP contribution in [-0.4, -0.2) is 18.3 Å². The zero-order valence-corrected chi connectivity index (χ0v) is 12.6. The van der Waals surface area contributed by atoms with E-state index >= 15 is 0 Å². The molecule has 2 nitrogen and oxygen atoms in total. The minimum atomic E-state index is -0.119. The number of hydrogen-bond donors (Lipinski definition) is 1. The summed E-state index contributed by atoms with van der Waals surface area (Å²) < 4.78 is 0. The van der Waals surface area contributed by atoms with Crippen molar-refractivity contribution in [1.82, 2.24) is 5.32 Å². The monoisotopic (exact) mass is 267 g/mol. The number of carbonyl (C=O) groups is 1. The van der Waals surface area contributed by atoms with E-state index in [-0.39, 0.29) is 17.2 Å². The van der Waals surface area contributed by atoms with Gasteiger partial charge in [-0.2, -0.15) is 0 Å². The fraction of sp³-hybridized carbons (Fsp3) is 0.533. The first-order chi connectivity index (χ1) is 8.27. The van der Waals surface area contributed by atoms with Gasteiger partial charge in [-0.05, 0) is 43.0 Å². The van der Waals surface area contributed by atoms with Crippen molar-refractivity contribution in [2.24, 2.45) is 0 Å². The first-order valence-electron chi connectivity index (χ1n) is 6.19. The van der Waals surface area contributed by atoms with E-state index in [1.807, 2.05) is 0 Å². The molecule has 100 valence electrons. The van der Waals surface area contributed by atoms with Crippen LogP contribution in [0.25, 0.3) is 0 Å². The van der Waals surface area contributed by atoms with Gasteiger partial charge in [-0.1, -0.05) is 26.0 Å². The topological polar surface area (TPSA) is 29.1 Å². The molecule has 0 saturated carbocycles. The summed E-state index contributed by atoms with van der Waals surface area (Å²) in [7, 11) is 0. The lowest BCUT2D eigenvalue weighted by molar-refractivity contribution is -0.118. The number of aryl methyl sites for hydroxylation is 3. The number of amides is 1. The summed E-state index contributed by atoms with van der Waals surface area (Å²) in [5, 5.41) is 2.86. The Hall–Kier alpha value is -1.02. The summed E-state index contributed by atoms with van der Waals surface area (Å²) >= 11 is 5.49. The van der Waals surface area contributed by atoms with Crippen molar-refractivity contribution in [2.45, 2.75) is 40.0 Å². The zero-order chi connectivity index (χ0) is 13.9. The van der Waals surface area contributed by atoms with Gasteiger partial charge in [0.1, 0.15) is 5.88 Å². The van der Waals surface area contributed by atoms with Crippen LogP contribution in [-0.2, 0) is 10.2 Å². The highest BCUT2D eigenvalue weighted by Gasteiger charge is 2.23. The minimum Gasteiger partial charge on any atom is -0.354 e. The van der Waals surface area contributed by atoms with E-state index in [1.165, 1.54) is 22.3 Å². The van der Waals surface area contributed by atoms with Crippen LogP contribution in [0.2, 0.25) is 0 Å². The van der Waals surface area contributed by atoms with Crippen molar-refractivity contribution in [2.75, 3.05) is 12.4 Å². The number of rotatable bonds is 4. The van der Waals surface area contributed by atoms with Crippen LogP contribution in [0.4, 0.5) is 0 Å². The molecule has 1 aromatic rings. The summed E-state index contributed by atoms with van der Waals surface area (Å²) in [4.78, 5) is 11.3. The lowest BCUT2D eigenvalue weighted by Gasteiger charge is -2.28. The van der Waals surface area contributed by atoms with E-state index < -0.39 is 0 Å². The molecule has 0 unspecified atom stereocenters. The molecule has 0 atom stereocenters. The Morgan fingerprint density at radius 1 is 1.17 bits per heavy atom. The molecule has 1 rings (SSSR count). The van der Waals surface area contributed by atoms with Gasteiger partial charge < -0.3 is 5.32 Å². The third kappa shape index (κ3) is 3.49. The van der Waals surface area contributed by atoms with E-state index in [0.717, 1.165) is 0 Å². The largest absolute Gasteiger partial charge is 0.354 e. The van der Waals surface area contributed by atoms with Gasteiger partial charge in [-0.3, -0.25) is 4.79 Å². The lowest BCUT2D eigenvalue weighted by atomic mass is 9.80. The summed E-state index contributed by atoms with van der Waals surface area (Å²) in [5.41, 5.74) is 5.04. The molecule has 1 amide bonds. The Balaban J connectivity index is 2.97. The molecule has 18 heavy (non-hydrogen) atoms. The molecule has 1 aromatic carbocycles. The molecule has 0 spiro atoms. The molecule has 0 aliphatic heterocycles. The Bertz CT molecular complexity index is 452. The molecule has 0 aliphatic carbocycles. The molecule has 0 aliphatic rings. The predicted octanol–water partition coefficient (Wildman–Crippen LogP) is 3.24. The van der Waals surface area contributed by atoms with E-state index in [0.29, 0.717) is 6.54 Å². The van der Waals surface area contributed by atoms with Gasteiger partial charge >= 0.3 is 0 Å². The first-order valence-corrected chi connectivity index (χ1v) is 6.72. The number of benzene rings is 1. The van der Waals surface area contributed by atoms with E-state index in [2.05, 4.69) is 52.1 Å². The maximum Gasteiger partial charge on any atom is 0.234 e. The van der Waals surface area contributed by atoms with Crippen LogP contribution < -0.4 is 5.32 Å². The Kier molecular flexibility index (Phi) is 4.80. The lowest BCUT2D eigenvalue weighted by Crippen LogP contribution is -2.37. The highest BCUT2D eigenvalue weighted by molar-refractivity contribution is 6.27. The third-order valence-electron chi connectivity index (χ3n) is 3.42. The molecule has 0 bridgehead atoms. The Morgan fingerprint density at radius 3 is 2.28 bits per heavy atom. The fourth-order valence-corrected chi connectivity index (χ4v) is 2.25. The first kappa shape index (κ1) is 15.0. The average Bonchev–Trinajstić information content (AvgIpc) is 2.30. The predicted molar refractivity (Wildman–Crippen MR) is 77.4 cm³/mol. The molecular weight excluding hydrogens is 246 g/mol. The molecule has 0 heterocycles. The van der Waals surface area contributed by atoms with Gasteiger partial charge in [-0.25, -0.2) is 0 Å². The van der Waals surface area contributed by atoms with Crippen LogP contribution in [0.15, 0.2) is 12.1 Å². The van der Waals surface area contributed by atoms with E-state index in [4.69, 9.17) is 11.6 Å². The standard InChI is InChI=1S/C15H22ClNO/c1-10-6-12(3)13(7-11(10)2)15(4,5)9-17-14(18)8-16/h6-7H,8-9H2,1-5H3,(H,17,18). The van der Waals surface area contributed by atoms with Gasteiger partial charge in [0.25, 0.3) is 0 Å². The van der Waals surface area contributed by atoms with Crippen LogP contribution in [0.3, 0.4) is 0 Å². The van der Waals surface area contributed by atoms with Gasteiger partial charge in [-0.15, -0.1) is 11.6 Å². The van der Waals surface area contributed by atoms with Crippen LogP contribution in [0.5, 0.6) is 0 Å². The molecule has 0 radical (unpaired) electrons. The van der Waals surface area contributed by atoms with Crippen molar-refractivity contribution in [3.05, 3.63) is 34.4 Å². The van der Waals surface area contributed by atoms with Crippen LogP contribution in [0, 0.1) is 20.8 Å². The fourth-order valence-electron chi connectivity index (χ4n) is 2.15. The third-order valence-corrected chi connectivity index (χ3v) is 3.66. The van der Waals surface area contributed by atoms with Crippen LogP contribution >= 0.6 is 11.6 Å². The van der Waals surface area contributed by atoms with Gasteiger partial charge in [0.2, 0.25) is 5.91 Å². The average molecular weight is 268 g/mol. The van der Waals surface area contributed by atoms with Gasteiger partial charge in [0.15, 0.2) is 0 Å². The molecule has 0 saturated heterocycles. The van der Waals surface area contributed by atoms with Crippen molar-refractivity contribution in [3.63, 3.8) is 0 Å². The maximum atomic E-state index is 11.3. The van der Waals surface area contributed by atoms with E-state index in [1.54, 1.807) is 0 Å². The summed E-state index contributed by atoms with van der Waals surface area (Å²) in [5.74, 6) is -0.103. The second kappa shape index (κ2) is 5.75. The SMILES string of the molecule is Cc1cc(C)c(C(C)(C)CNC(=O)CCl)cc1C. The minimum absolute atomic E-state index is 0.0159. The Morgan fingerprint density at radius 2 is 1.72 bits per heavy atom. The maximum absolute atomic E-state index is 11.3. The van der Waals surface area contributed by atoms with Crippen molar-refractivity contribution in [3.8, 4) is 0 Å². The summed E-state index contributed by atoms with van der Waals surface area (Å²) in [6.07, 6.45) is 0. The van der Waals surface area contributed by atoms with Crippen LogP contribution in [0.1, 0.15) is 36.1 Å². The number of carbonyl (C=O) groups excluding carboxylic acids is 1. The normalized spacial score (nSPS) is 11.4. The molecule has 1 N–H and O–H groups in total.